The molecule has 1 saturated heterocycles. The van der Waals surface area contributed by atoms with Gasteiger partial charge in [-0.2, -0.15) is 0 Å². The quantitative estimate of drug-likeness (QED) is 0.668. The summed E-state index contributed by atoms with van der Waals surface area (Å²) in [5, 5.41) is 9.66. The minimum atomic E-state index is -0.0119. The monoisotopic (exact) mass is 343 g/mol. The van der Waals surface area contributed by atoms with Gasteiger partial charge in [-0.25, -0.2) is 20.2 Å². The second-order valence-corrected chi connectivity index (χ2v) is 6.84. The second-order valence-electron chi connectivity index (χ2n) is 6.84. The highest BCUT2D eigenvalue weighted by Crippen LogP contribution is 2.28. The Morgan fingerprint density at radius 2 is 1.88 bits per heavy atom. The number of benzene rings is 1. The van der Waals surface area contributed by atoms with Crippen molar-refractivity contribution in [3.8, 4) is 17.1 Å². The van der Waals surface area contributed by atoms with Crippen molar-refractivity contribution in [2.24, 2.45) is 0 Å². The Hall–Kier alpha value is -3.01. The number of hydrogen-bond acceptors (Lipinski definition) is 5. The smallest absolute Gasteiger partial charge is 0.268 e. The van der Waals surface area contributed by atoms with Gasteiger partial charge in [0, 0.05) is 30.0 Å². The van der Waals surface area contributed by atoms with Crippen LogP contribution in [0.25, 0.3) is 22.0 Å². The minimum absolute atomic E-state index is 0.0119. The average molecular weight is 343 g/mol. The van der Waals surface area contributed by atoms with E-state index >= 15 is 0 Å². The number of nitriles is 1. The Kier molecular flexibility index (Phi) is 4.25. The van der Waals surface area contributed by atoms with E-state index in [0.29, 0.717) is 10.9 Å². The van der Waals surface area contributed by atoms with E-state index in [-0.39, 0.29) is 18.3 Å². The van der Waals surface area contributed by atoms with Gasteiger partial charge in [-0.15, -0.1) is 0 Å². The van der Waals surface area contributed by atoms with Crippen LogP contribution >= 0.6 is 0 Å². The van der Waals surface area contributed by atoms with Gasteiger partial charge in [0.15, 0.2) is 0 Å². The lowest BCUT2D eigenvalue weighted by atomic mass is 9.42. The lowest BCUT2D eigenvalue weighted by Crippen LogP contribution is -2.30. The summed E-state index contributed by atoms with van der Waals surface area (Å²) >= 11 is 0. The van der Waals surface area contributed by atoms with Crippen molar-refractivity contribution in [1.82, 2.24) is 19.5 Å². The van der Waals surface area contributed by atoms with E-state index < -0.39 is 0 Å². The Balaban J connectivity index is 1.68. The third-order valence-corrected chi connectivity index (χ3v) is 5.17. The third-order valence-electron chi connectivity index (χ3n) is 5.17. The van der Waals surface area contributed by atoms with E-state index in [4.69, 9.17) is 5.26 Å². The van der Waals surface area contributed by atoms with Crippen molar-refractivity contribution in [1.29, 1.82) is 5.26 Å². The molecule has 2 aromatic heterocycles. The van der Waals surface area contributed by atoms with Crippen molar-refractivity contribution in [2.45, 2.75) is 38.4 Å². The largest absolute Gasteiger partial charge is 0.296 e. The molecular formula is C19H18BN5O. The Labute approximate surface area is 151 Å². The first-order valence-corrected chi connectivity index (χ1v) is 8.85. The molecule has 0 N–H and O–H groups in total. The summed E-state index contributed by atoms with van der Waals surface area (Å²) in [7, 11) is 0. The summed E-state index contributed by atoms with van der Waals surface area (Å²) in [4.78, 5) is 25.9. The molecule has 0 amide bonds. The summed E-state index contributed by atoms with van der Waals surface area (Å²) in [5.41, 5.74) is 2.51. The lowest BCUT2D eigenvalue weighted by Gasteiger charge is -2.25. The van der Waals surface area contributed by atoms with E-state index in [2.05, 4.69) is 20.9 Å². The molecule has 0 spiro atoms. The van der Waals surface area contributed by atoms with Crippen LogP contribution in [-0.4, -0.2) is 26.2 Å². The van der Waals surface area contributed by atoms with Gasteiger partial charge in [-0.3, -0.25) is 9.36 Å². The number of aromatic nitrogens is 4. The number of hydrogen-bond donors (Lipinski definition) is 0. The van der Waals surface area contributed by atoms with Crippen LogP contribution in [0.4, 0.5) is 0 Å². The lowest BCUT2D eigenvalue weighted by molar-refractivity contribution is 0.440. The van der Waals surface area contributed by atoms with Crippen molar-refractivity contribution in [3.05, 3.63) is 53.1 Å². The molecule has 6 nitrogen and oxygen atoms in total. The van der Waals surface area contributed by atoms with E-state index in [1.165, 1.54) is 0 Å². The summed E-state index contributed by atoms with van der Waals surface area (Å²) in [6.45, 7) is 1.97. The first-order valence-electron chi connectivity index (χ1n) is 8.85. The Bertz CT molecular complexity index is 1050. The zero-order valence-electron chi connectivity index (χ0n) is 14.6. The van der Waals surface area contributed by atoms with Gasteiger partial charge in [-0.05, 0) is 37.5 Å². The predicted octanol–water partition coefficient (Wildman–Crippen LogP) is 3.05. The van der Waals surface area contributed by atoms with E-state index in [1.54, 1.807) is 23.3 Å². The second kappa shape index (κ2) is 6.72. The summed E-state index contributed by atoms with van der Waals surface area (Å²) in [6.07, 6.45) is 8.60. The van der Waals surface area contributed by atoms with Gasteiger partial charge < -0.3 is 0 Å². The molecule has 0 unspecified atom stereocenters. The molecule has 0 aliphatic carbocycles. The molecule has 4 rings (SSSR count). The third kappa shape index (κ3) is 2.99. The maximum absolute atomic E-state index is 12.9. The van der Waals surface area contributed by atoms with Gasteiger partial charge in [0.05, 0.1) is 17.2 Å². The first-order chi connectivity index (χ1) is 12.7. The minimum Gasteiger partial charge on any atom is -0.296 e. The van der Waals surface area contributed by atoms with Crippen molar-refractivity contribution in [3.63, 3.8) is 0 Å². The molecule has 1 aliphatic rings. The molecule has 0 atom stereocenters. The van der Waals surface area contributed by atoms with Crippen LogP contribution in [0.5, 0.6) is 0 Å². The fourth-order valence-corrected chi connectivity index (χ4v) is 3.60. The zero-order chi connectivity index (χ0) is 18.1. The predicted molar refractivity (Wildman–Crippen MR) is 101 cm³/mol. The van der Waals surface area contributed by atoms with Crippen molar-refractivity contribution < 1.29 is 0 Å². The summed E-state index contributed by atoms with van der Waals surface area (Å²) in [5.74, 6) is 3.06. The molecule has 0 radical (unpaired) electrons. The van der Waals surface area contributed by atoms with E-state index in [1.807, 2.05) is 25.1 Å². The van der Waals surface area contributed by atoms with Crippen LogP contribution in [0.3, 0.4) is 0 Å². The molecule has 1 fully saturated rings. The fraction of sp³-hybridized carbons (Fsp3) is 0.316. The van der Waals surface area contributed by atoms with Crippen LogP contribution in [-0.2, 0) is 0 Å². The van der Waals surface area contributed by atoms with Crippen molar-refractivity contribution >= 4 is 17.6 Å². The maximum Gasteiger partial charge on any atom is 0.268 e. The standard InChI is InChI=1S/C19H18BN5O/c1-13-22-9-15(10-23-13)14-2-3-17-18(8-14)24-12-25(19(17)26)16-4-6-20(11-21)7-5-16/h2-3,8-10,12,16H,4-7H2,1H3. The summed E-state index contributed by atoms with van der Waals surface area (Å²) < 4.78 is 1.74. The molecule has 1 aromatic carbocycles. The normalized spacial score (nSPS) is 15.2. The first kappa shape index (κ1) is 16.5. The molecule has 0 saturated carbocycles. The van der Waals surface area contributed by atoms with Crippen LogP contribution < -0.4 is 5.56 Å². The average Bonchev–Trinajstić information content (AvgIpc) is 2.69. The van der Waals surface area contributed by atoms with Gasteiger partial charge in [0.1, 0.15) is 5.82 Å². The molecule has 3 heterocycles. The van der Waals surface area contributed by atoms with Crippen LogP contribution in [0, 0.1) is 18.2 Å². The maximum atomic E-state index is 12.9. The fourth-order valence-electron chi connectivity index (χ4n) is 3.60. The molecule has 7 heteroatoms. The Morgan fingerprint density at radius 1 is 1.15 bits per heavy atom. The molecular weight excluding hydrogens is 325 g/mol. The van der Waals surface area contributed by atoms with E-state index in [9.17, 15) is 4.79 Å². The highest BCUT2D eigenvalue weighted by molar-refractivity contribution is 6.67. The van der Waals surface area contributed by atoms with Gasteiger partial charge in [0.2, 0.25) is 0 Å². The zero-order valence-corrected chi connectivity index (χ0v) is 14.6. The van der Waals surface area contributed by atoms with Gasteiger partial charge >= 0.3 is 0 Å². The Morgan fingerprint density at radius 3 is 2.58 bits per heavy atom. The summed E-state index contributed by atoms with van der Waals surface area (Å²) in [6, 6.07) is 5.78. The number of aryl methyl sites for hydroxylation is 1. The molecule has 1 aliphatic heterocycles. The van der Waals surface area contributed by atoms with Crippen molar-refractivity contribution in [2.75, 3.05) is 0 Å². The number of fused-ring (bicyclic) bond motifs is 1. The highest BCUT2D eigenvalue weighted by Gasteiger charge is 2.26. The molecule has 26 heavy (non-hydrogen) atoms. The van der Waals surface area contributed by atoms with E-state index in [0.717, 1.165) is 42.4 Å². The van der Waals surface area contributed by atoms with Crippen LogP contribution in [0.1, 0.15) is 24.7 Å². The van der Waals surface area contributed by atoms with Gasteiger partial charge in [0.25, 0.3) is 12.3 Å². The molecule has 128 valence electrons. The van der Waals surface area contributed by atoms with Gasteiger partial charge in [-0.1, -0.05) is 18.7 Å². The number of rotatable bonds is 2. The van der Waals surface area contributed by atoms with Crippen LogP contribution in [0.2, 0.25) is 12.6 Å². The molecule has 3 aromatic rings. The number of nitrogens with zero attached hydrogens (tertiary/aromatic N) is 5. The SMILES string of the molecule is Cc1ncc(-c2ccc3c(=O)n(C4CCB(C#N)CC4)cnc3c2)cn1. The van der Waals surface area contributed by atoms with Crippen LogP contribution in [0.15, 0.2) is 41.7 Å². The topological polar surface area (TPSA) is 84.5 Å². The molecule has 0 bridgehead atoms. The highest BCUT2D eigenvalue weighted by atomic mass is 16.1.